The van der Waals surface area contributed by atoms with Crippen LogP contribution in [0.4, 0.5) is 5.69 Å². The van der Waals surface area contributed by atoms with Crippen molar-refractivity contribution in [2.24, 2.45) is 5.92 Å². The summed E-state index contributed by atoms with van der Waals surface area (Å²) in [6.07, 6.45) is 5.31. The van der Waals surface area contributed by atoms with E-state index >= 15 is 0 Å². The molecule has 17 heavy (non-hydrogen) atoms. The van der Waals surface area contributed by atoms with Gasteiger partial charge in [-0.3, -0.25) is 0 Å². The first kappa shape index (κ1) is 10.8. The van der Waals surface area contributed by atoms with Crippen molar-refractivity contribution in [2.45, 2.75) is 25.7 Å². The minimum Gasteiger partial charge on any atom is -0.470 e. The molecule has 2 aromatic rings. The lowest BCUT2D eigenvalue weighted by molar-refractivity contribution is 0.222. The first-order chi connectivity index (χ1) is 8.31. The summed E-state index contributed by atoms with van der Waals surface area (Å²) in [5.41, 5.74) is 7.49. The first-order valence-corrected chi connectivity index (χ1v) is 6.92. The summed E-state index contributed by atoms with van der Waals surface area (Å²) in [6.45, 7) is 0.792. The van der Waals surface area contributed by atoms with E-state index in [1.165, 1.54) is 19.3 Å². The second kappa shape index (κ2) is 4.53. The van der Waals surface area contributed by atoms with Crippen molar-refractivity contribution in [3.8, 4) is 5.19 Å². The van der Waals surface area contributed by atoms with Crippen LogP contribution in [0.3, 0.4) is 0 Å². The van der Waals surface area contributed by atoms with Crippen LogP contribution in [0.15, 0.2) is 18.2 Å². The van der Waals surface area contributed by atoms with E-state index < -0.39 is 0 Å². The van der Waals surface area contributed by atoms with E-state index in [-0.39, 0.29) is 0 Å². The van der Waals surface area contributed by atoms with Gasteiger partial charge in [-0.2, -0.15) is 0 Å². The number of anilines is 1. The highest BCUT2D eigenvalue weighted by atomic mass is 32.1. The minimum absolute atomic E-state index is 0.768. The summed E-state index contributed by atoms with van der Waals surface area (Å²) in [6, 6.07) is 5.77. The summed E-state index contributed by atoms with van der Waals surface area (Å²) in [4.78, 5) is 4.44. The molecule has 2 N–H and O–H groups in total. The maximum Gasteiger partial charge on any atom is 0.274 e. The highest BCUT2D eigenvalue weighted by Crippen LogP contribution is 2.31. The van der Waals surface area contributed by atoms with Gasteiger partial charge >= 0.3 is 0 Å². The predicted octanol–water partition coefficient (Wildman–Crippen LogP) is 3.45. The third-order valence-corrected chi connectivity index (χ3v) is 4.30. The predicted molar refractivity (Wildman–Crippen MR) is 71.5 cm³/mol. The highest BCUT2D eigenvalue weighted by Gasteiger charge is 2.17. The fraction of sp³-hybridized carbons (Fsp3) is 0.462. The molecular weight excluding hydrogens is 232 g/mol. The smallest absolute Gasteiger partial charge is 0.274 e. The van der Waals surface area contributed by atoms with Crippen LogP contribution in [0.25, 0.3) is 10.2 Å². The van der Waals surface area contributed by atoms with E-state index in [2.05, 4.69) is 4.98 Å². The lowest BCUT2D eigenvalue weighted by atomic mass is 9.83. The molecule has 0 unspecified atom stereocenters. The Morgan fingerprint density at radius 3 is 3.06 bits per heavy atom. The molecule has 0 radical (unpaired) electrons. The Balaban J connectivity index is 1.64. The van der Waals surface area contributed by atoms with E-state index in [0.717, 1.165) is 40.0 Å². The topological polar surface area (TPSA) is 48.1 Å². The van der Waals surface area contributed by atoms with Crippen LogP contribution in [0.2, 0.25) is 0 Å². The molecule has 3 rings (SSSR count). The van der Waals surface area contributed by atoms with Crippen molar-refractivity contribution in [3.05, 3.63) is 18.2 Å². The Labute approximate surface area is 105 Å². The summed E-state index contributed by atoms with van der Waals surface area (Å²) >= 11 is 1.58. The van der Waals surface area contributed by atoms with Gasteiger partial charge in [0.05, 0.1) is 16.8 Å². The number of nitrogen functional groups attached to an aromatic ring is 1. The fourth-order valence-electron chi connectivity index (χ4n) is 2.08. The summed E-state index contributed by atoms with van der Waals surface area (Å²) in [5, 5.41) is 0.768. The summed E-state index contributed by atoms with van der Waals surface area (Å²) in [5.74, 6) is 0.889. The third kappa shape index (κ3) is 2.36. The van der Waals surface area contributed by atoms with E-state index in [9.17, 15) is 0 Å². The molecule has 90 valence electrons. The molecule has 4 heteroatoms. The largest absolute Gasteiger partial charge is 0.470 e. The van der Waals surface area contributed by atoms with Crippen molar-refractivity contribution >= 4 is 27.2 Å². The lowest BCUT2D eigenvalue weighted by Gasteiger charge is -2.24. The fourth-order valence-corrected chi connectivity index (χ4v) is 2.96. The summed E-state index contributed by atoms with van der Waals surface area (Å²) in [7, 11) is 0. The van der Waals surface area contributed by atoms with Gasteiger partial charge in [-0.1, -0.05) is 30.6 Å². The summed E-state index contributed by atoms with van der Waals surface area (Å²) < 4.78 is 6.80. The number of hydrogen-bond acceptors (Lipinski definition) is 4. The second-order valence-electron chi connectivity index (χ2n) is 4.64. The van der Waals surface area contributed by atoms with Crippen LogP contribution < -0.4 is 10.5 Å². The van der Waals surface area contributed by atoms with Crippen LogP contribution in [0.5, 0.6) is 5.19 Å². The molecule has 1 fully saturated rings. The standard InChI is InChI=1S/C13H16N2OS/c14-10-4-5-11-12(8-10)17-13(15-11)16-7-6-9-2-1-3-9/h4-5,8-9H,1-3,6-7,14H2. The van der Waals surface area contributed by atoms with Crippen molar-refractivity contribution in [3.63, 3.8) is 0 Å². The molecule has 1 aliphatic carbocycles. The van der Waals surface area contributed by atoms with E-state index in [0.29, 0.717) is 0 Å². The van der Waals surface area contributed by atoms with Crippen LogP contribution in [0, 0.1) is 5.92 Å². The number of nitrogens with two attached hydrogens (primary N) is 1. The Kier molecular flexibility index (Phi) is 2.89. The number of ether oxygens (including phenoxy) is 1. The number of thiazole rings is 1. The maximum absolute atomic E-state index is 5.74. The molecule has 0 spiro atoms. The van der Waals surface area contributed by atoms with Gasteiger partial charge in [0.2, 0.25) is 0 Å². The Morgan fingerprint density at radius 2 is 2.29 bits per heavy atom. The number of rotatable bonds is 4. The Bertz CT molecular complexity index is 519. The van der Waals surface area contributed by atoms with Crippen LogP contribution in [0.1, 0.15) is 25.7 Å². The minimum atomic E-state index is 0.768. The molecule has 3 nitrogen and oxygen atoms in total. The zero-order valence-electron chi connectivity index (χ0n) is 9.69. The molecular formula is C13H16N2OS. The third-order valence-electron chi connectivity index (χ3n) is 3.37. The SMILES string of the molecule is Nc1ccc2nc(OCCC3CCC3)sc2c1. The maximum atomic E-state index is 5.74. The Hall–Kier alpha value is -1.29. The number of fused-ring (bicyclic) bond motifs is 1. The monoisotopic (exact) mass is 248 g/mol. The zero-order valence-corrected chi connectivity index (χ0v) is 10.5. The highest BCUT2D eigenvalue weighted by molar-refractivity contribution is 7.20. The van der Waals surface area contributed by atoms with Gasteiger partial charge in [0.1, 0.15) is 0 Å². The van der Waals surface area contributed by atoms with Crippen LogP contribution in [-0.4, -0.2) is 11.6 Å². The molecule has 0 saturated heterocycles. The van der Waals surface area contributed by atoms with Crippen molar-refractivity contribution in [1.29, 1.82) is 0 Å². The first-order valence-electron chi connectivity index (χ1n) is 6.10. The van der Waals surface area contributed by atoms with Crippen molar-refractivity contribution < 1.29 is 4.74 Å². The molecule has 1 heterocycles. The normalized spacial score (nSPS) is 16.0. The number of aromatic nitrogens is 1. The molecule has 0 atom stereocenters. The molecule has 1 aliphatic rings. The molecule has 0 amide bonds. The quantitative estimate of drug-likeness (QED) is 0.843. The van der Waals surface area contributed by atoms with Crippen LogP contribution in [-0.2, 0) is 0 Å². The lowest BCUT2D eigenvalue weighted by Crippen LogP contribution is -2.14. The zero-order chi connectivity index (χ0) is 11.7. The number of hydrogen-bond donors (Lipinski definition) is 1. The van der Waals surface area contributed by atoms with Gasteiger partial charge in [-0.05, 0) is 30.5 Å². The second-order valence-corrected chi connectivity index (χ2v) is 5.63. The van der Waals surface area contributed by atoms with Gasteiger partial charge in [-0.25, -0.2) is 4.98 Å². The number of nitrogens with zero attached hydrogens (tertiary/aromatic N) is 1. The average Bonchev–Trinajstić information content (AvgIpc) is 2.63. The molecule has 1 aromatic heterocycles. The average molecular weight is 248 g/mol. The van der Waals surface area contributed by atoms with E-state index in [4.69, 9.17) is 10.5 Å². The van der Waals surface area contributed by atoms with E-state index in [1.807, 2.05) is 18.2 Å². The van der Waals surface area contributed by atoms with Crippen molar-refractivity contribution in [2.75, 3.05) is 12.3 Å². The van der Waals surface area contributed by atoms with Gasteiger partial charge in [0, 0.05) is 5.69 Å². The Morgan fingerprint density at radius 1 is 1.41 bits per heavy atom. The van der Waals surface area contributed by atoms with Crippen LogP contribution >= 0.6 is 11.3 Å². The molecule has 1 saturated carbocycles. The number of benzene rings is 1. The molecule has 0 aliphatic heterocycles. The van der Waals surface area contributed by atoms with Gasteiger partial charge in [0.25, 0.3) is 5.19 Å². The van der Waals surface area contributed by atoms with E-state index in [1.54, 1.807) is 11.3 Å². The van der Waals surface area contributed by atoms with Crippen molar-refractivity contribution in [1.82, 2.24) is 4.98 Å². The van der Waals surface area contributed by atoms with Gasteiger partial charge < -0.3 is 10.5 Å². The van der Waals surface area contributed by atoms with Gasteiger partial charge in [-0.15, -0.1) is 0 Å². The van der Waals surface area contributed by atoms with Gasteiger partial charge in [0.15, 0.2) is 0 Å². The molecule has 0 bridgehead atoms. The molecule has 1 aromatic carbocycles.